The van der Waals surface area contributed by atoms with Gasteiger partial charge in [0.05, 0.1) is 10.7 Å². The Morgan fingerprint density at radius 3 is 2.29 bits per heavy atom. The summed E-state index contributed by atoms with van der Waals surface area (Å²) in [6, 6.07) is 20.9. The molecule has 35 heavy (non-hydrogen) atoms. The van der Waals surface area contributed by atoms with E-state index in [1.54, 1.807) is 18.2 Å². The van der Waals surface area contributed by atoms with Gasteiger partial charge in [-0.15, -0.1) is 0 Å². The van der Waals surface area contributed by atoms with E-state index in [9.17, 15) is 4.79 Å². The standard InChI is InChI=1S/C26H25Cl2N5OS/c27-19-10-13-22(21(28)16-19)31-26(35)32-23(17-6-2-1-3-7-17)25(34)30-20-11-8-18(9-12-20)24(29)33-14-4-5-15-33/h1-3,6-13,16,23,29H,4-5,14-15H2,(H,30,34)(H2,31,32,35)/t23-/m0/s1. The maximum atomic E-state index is 13.3. The lowest BCUT2D eigenvalue weighted by Crippen LogP contribution is -2.39. The van der Waals surface area contributed by atoms with E-state index in [1.807, 2.05) is 54.6 Å². The summed E-state index contributed by atoms with van der Waals surface area (Å²) in [4.78, 5) is 15.4. The molecule has 0 bridgehead atoms. The van der Waals surface area contributed by atoms with Crippen LogP contribution in [0.25, 0.3) is 0 Å². The van der Waals surface area contributed by atoms with Gasteiger partial charge in [0.1, 0.15) is 11.9 Å². The van der Waals surface area contributed by atoms with Gasteiger partial charge in [0, 0.05) is 29.4 Å². The largest absolute Gasteiger partial charge is 0.357 e. The Morgan fingerprint density at radius 1 is 0.943 bits per heavy atom. The molecular weight excluding hydrogens is 501 g/mol. The third-order valence-corrected chi connectivity index (χ3v) is 6.47. The van der Waals surface area contributed by atoms with Gasteiger partial charge in [0.15, 0.2) is 5.11 Å². The van der Waals surface area contributed by atoms with Gasteiger partial charge in [0.2, 0.25) is 0 Å². The van der Waals surface area contributed by atoms with Crippen molar-refractivity contribution in [3.05, 3.63) is 94.0 Å². The van der Waals surface area contributed by atoms with E-state index in [4.69, 9.17) is 40.8 Å². The molecule has 4 rings (SSSR count). The van der Waals surface area contributed by atoms with Crippen LogP contribution in [0.15, 0.2) is 72.8 Å². The van der Waals surface area contributed by atoms with E-state index >= 15 is 0 Å². The minimum Gasteiger partial charge on any atom is -0.357 e. The van der Waals surface area contributed by atoms with E-state index in [0.29, 0.717) is 27.3 Å². The second-order valence-corrected chi connectivity index (χ2v) is 9.43. The average molecular weight is 526 g/mol. The Kier molecular flexibility index (Phi) is 8.23. The Balaban J connectivity index is 1.46. The van der Waals surface area contributed by atoms with Crippen LogP contribution < -0.4 is 16.0 Å². The highest BCUT2D eigenvalue weighted by Crippen LogP contribution is 2.26. The molecule has 0 spiro atoms. The zero-order valence-electron chi connectivity index (χ0n) is 18.9. The van der Waals surface area contributed by atoms with Gasteiger partial charge < -0.3 is 20.9 Å². The molecular formula is C26H25Cl2N5OS. The predicted octanol–water partition coefficient (Wildman–Crippen LogP) is 6.08. The van der Waals surface area contributed by atoms with Crippen LogP contribution in [0.4, 0.5) is 11.4 Å². The molecule has 3 aromatic rings. The van der Waals surface area contributed by atoms with Crippen LogP contribution in [0.3, 0.4) is 0 Å². The summed E-state index contributed by atoms with van der Waals surface area (Å²) in [7, 11) is 0. The molecule has 1 atom stereocenters. The van der Waals surface area contributed by atoms with Crippen LogP contribution in [0.5, 0.6) is 0 Å². The molecule has 1 fully saturated rings. The number of hydrogen-bond donors (Lipinski definition) is 4. The highest BCUT2D eigenvalue weighted by atomic mass is 35.5. The van der Waals surface area contributed by atoms with E-state index in [1.165, 1.54) is 0 Å². The number of amidine groups is 1. The predicted molar refractivity (Wildman–Crippen MR) is 148 cm³/mol. The highest BCUT2D eigenvalue weighted by Gasteiger charge is 2.22. The maximum absolute atomic E-state index is 13.3. The molecule has 0 radical (unpaired) electrons. The van der Waals surface area contributed by atoms with Gasteiger partial charge in [-0.2, -0.15) is 0 Å². The van der Waals surface area contributed by atoms with Crippen molar-refractivity contribution in [1.29, 1.82) is 5.41 Å². The van der Waals surface area contributed by atoms with Gasteiger partial charge in [-0.1, -0.05) is 53.5 Å². The second kappa shape index (κ2) is 11.5. The SMILES string of the molecule is N=C(c1ccc(NC(=O)[C@@H](NC(=S)Nc2ccc(Cl)cc2Cl)c2ccccc2)cc1)N1CCCC1. The van der Waals surface area contributed by atoms with Gasteiger partial charge in [-0.3, -0.25) is 10.2 Å². The first kappa shape index (κ1) is 25.0. The number of likely N-dealkylation sites (tertiary alicyclic amines) is 1. The molecule has 3 aromatic carbocycles. The molecule has 1 aliphatic heterocycles. The Hall–Kier alpha value is -3.13. The van der Waals surface area contributed by atoms with E-state index in [-0.39, 0.29) is 11.0 Å². The number of halogens is 2. The van der Waals surface area contributed by atoms with E-state index in [2.05, 4.69) is 20.9 Å². The molecule has 0 unspecified atom stereocenters. The normalized spacial score (nSPS) is 13.7. The van der Waals surface area contributed by atoms with Crippen molar-refractivity contribution in [3.63, 3.8) is 0 Å². The molecule has 180 valence electrons. The molecule has 0 aliphatic carbocycles. The molecule has 1 heterocycles. The van der Waals surface area contributed by atoms with Crippen molar-refractivity contribution >= 4 is 63.6 Å². The summed E-state index contributed by atoms with van der Waals surface area (Å²) in [5.74, 6) is 0.242. The van der Waals surface area contributed by atoms with Crippen LogP contribution in [0.2, 0.25) is 10.0 Å². The number of amides is 1. The number of rotatable bonds is 6. The molecule has 1 amide bonds. The van der Waals surface area contributed by atoms with Crippen LogP contribution in [-0.4, -0.2) is 34.8 Å². The fraction of sp³-hybridized carbons (Fsp3) is 0.192. The lowest BCUT2D eigenvalue weighted by molar-refractivity contribution is -0.117. The van der Waals surface area contributed by atoms with Crippen molar-refractivity contribution < 1.29 is 4.79 Å². The summed E-state index contributed by atoms with van der Waals surface area (Å²) in [6.45, 7) is 1.83. The lowest BCUT2D eigenvalue weighted by Gasteiger charge is -2.22. The van der Waals surface area contributed by atoms with Gasteiger partial charge in [-0.05, 0) is 73.1 Å². The Labute approximate surface area is 220 Å². The van der Waals surface area contributed by atoms with E-state index in [0.717, 1.165) is 37.1 Å². The van der Waals surface area contributed by atoms with Gasteiger partial charge in [0.25, 0.3) is 5.91 Å². The Bertz CT molecular complexity index is 1210. The number of carbonyl (C=O) groups is 1. The zero-order chi connectivity index (χ0) is 24.8. The number of nitrogens with one attached hydrogen (secondary N) is 4. The smallest absolute Gasteiger partial charge is 0.251 e. The first-order valence-corrected chi connectivity index (χ1v) is 12.4. The van der Waals surface area contributed by atoms with Crippen molar-refractivity contribution in [2.45, 2.75) is 18.9 Å². The molecule has 0 aromatic heterocycles. The number of nitrogens with zero attached hydrogens (tertiary/aromatic N) is 1. The highest BCUT2D eigenvalue weighted by molar-refractivity contribution is 7.80. The molecule has 1 aliphatic rings. The number of anilines is 2. The molecule has 4 N–H and O–H groups in total. The van der Waals surface area contributed by atoms with Crippen molar-refractivity contribution in [3.8, 4) is 0 Å². The van der Waals surface area contributed by atoms with Crippen molar-refractivity contribution in [2.75, 3.05) is 23.7 Å². The quantitative estimate of drug-likeness (QED) is 0.178. The number of thiocarbonyl (C=S) groups is 1. The van der Waals surface area contributed by atoms with Crippen LogP contribution in [-0.2, 0) is 4.79 Å². The zero-order valence-corrected chi connectivity index (χ0v) is 21.2. The minimum absolute atomic E-state index is 0.243. The van der Waals surface area contributed by atoms with Crippen molar-refractivity contribution in [2.24, 2.45) is 0 Å². The van der Waals surface area contributed by atoms with E-state index < -0.39 is 6.04 Å². The number of hydrogen-bond acceptors (Lipinski definition) is 3. The summed E-state index contributed by atoms with van der Waals surface area (Å²) in [5, 5.41) is 18.6. The fourth-order valence-corrected chi connectivity index (χ4v) is 4.56. The molecule has 0 saturated carbocycles. The third kappa shape index (κ3) is 6.51. The average Bonchev–Trinajstić information content (AvgIpc) is 3.40. The topological polar surface area (TPSA) is 80.2 Å². The van der Waals surface area contributed by atoms with Crippen LogP contribution in [0.1, 0.15) is 30.0 Å². The maximum Gasteiger partial charge on any atom is 0.251 e. The van der Waals surface area contributed by atoms with Gasteiger partial charge in [-0.25, -0.2) is 0 Å². The number of carbonyl (C=O) groups excluding carboxylic acids is 1. The molecule has 1 saturated heterocycles. The van der Waals surface area contributed by atoms with Crippen molar-refractivity contribution in [1.82, 2.24) is 10.2 Å². The summed E-state index contributed by atoms with van der Waals surface area (Å²) in [6.07, 6.45) is 2.23. The molecule has 9 heteroatoms. The monoisotopic (exact) mass is 525 g/mol. The summed E-state index contributed by atoms with van der Waals surface area (Å²) >= 11 is 17.7. The summed E-state index contributed by atoms with van der Waals surface area (Å²) in [5.41, 5.74) is 2.80. The minimum atomic E-state index is -0.746. The second-order valence-electron chi connectivity index (χ2n) is 8.18. The fourth-order valence-electron chi connectivity index (χ4n) is 3.88. The third-order valence-electron chi connectivity index (χ3n) is 5.70. The Morgan fingerprint density at radius 2 is 1.63 bits per heavy atom. The molecule has 6 nitrogen and oxygen atoms in total. The number of benzene rings is 3. The van der Waals surface area contributed by atoms with Gasteiger partial charge >= 0.3 is 0 Å². The first-order chi connectivity index (χ1) is 16.9. The lowest BCUT2D eigenvalue weighted by atomic mass is 10.1. The van der Waals surface area contributed by atoms with Crippen LogP contribution in [0, 0.1) is 5.41 Å². The first-order valence-electron chi connectivity index (χ1n) is 11.2. The summed E-state index contributed by atoms with van der Waals surface area (Å²) < 4.78 is 0. The van der Waals surface area contributed by atoms with Crippen LogP contribution >= 0.6 is 35.4 Å².